The summed E-state index contributed by atoms with van der Waals surface area (Å²) in [4.78, 5) is 13.8. The first-order valence-corrected chi connectivity index (χ1v) is 12.7. The fourth-order valence-electron chi connectivity index (χ4n) is 5.00. The van der Waals surface area contributed by atoms with Crippen molar-refractivity contribution in [1.29, 1.82) is 0 Å². The van der Waals surface area contributed by atoms with E-state index in [1.807, 2.05) is 0 Å². The first-order valence-electron chi connectivity index (χ1n) is 12.7. The summed E-state index contributed by atoms with van der Waals surface area (Å²) in [7, 11) is 0. The van der Waals surface area contributed by atoms with Crippen molar-refractivity contribution in [2.45, 2.75) is 37.2 Å². The van der Waals surface area contributed by atoms with Gasteiger partial charge in [-0.25, -0.2) is 0 Å². The molecule has 1 heterocycles. The summed E-state index contributed by atoms with van der Waals surface area (Å²) >= 11 is 0. The van der Waals surface area contributed by atoms with Crippen LogP contribution in [0.3, 0.4) is 0 Å². The highest BCUT2D eigenvalue weighted by atomic mass is 19.4. The average molecular weight is 588 g/mol. The van der Waals surface area contributed by atoms with Crippen LogP contribution in [0.4, 0.5) is 26.3 Å². The summed E-state index contributed by atoms with van der Waals surface area (Å²) in [6.07, 6.45) is -10.8. The minimum atomic E-state index is -5.01. The van der Waals surface area contributed by atoms with E-state index >= 15 is 0 Å². The van der Waals surface area contributed by atoms with Gasteiger partial charge in [0.25, 0.3) is 5.91 Å². The fraction of sp³-hybridized carbons (Fsp3) is 0.194. The second-order valence-electron chi connectivity index (χ2n) is 9.63. The van der Waals surface area contributed by atoms with Crippen molar-refractivity contribution < 1.29 is 45.3 Å². The number of carbonyl (C=O) groups is 1. The van der Waals surface area contributed by atoms with Crippen molar-refractivity contribution in [2.24, 2.45) is 0 Å². The molecular weight excluding hydrogens is 564 g/mol. The molecule has 0 saturated carbocycles. The Morgan fingerprint density at radius 2 is 1.29 bits per heavy atom. The Balaban J connectivity index is 1.65. The number of amides is 1. The third-order valence-electron chi connectivity index (χ3n) is 6.71. The predicted molar refractivity (Wildman–Crippen MR) is 140 cm³/mol. The number of fused-ring (bicyclic) bond motifs is 1. The highest BCUT2D eigenvalue weighted by molar-refractivity contribution is 5.84. The normalized spacial score (nSPS) is 15.0. The molecule has 4 aromatic carbocycles. The Morgan fingerprint density at radius 1 is 0.738 bits per heavy atom. The number of para-hydroxylation sites is 1. The van der Waals surface area contributed by atoms with E-state index in [0.717, 1.165) is 29.8 Å². The summed E-state index contributed by atoms with van der Waals surface area (Å²) in [6.45, 7) is 0. The zero-order valence-electron chi connectivity index (χ0n) is 21.7. The molecule has 0 bridgehead atoms. The molecule has 1 N–H and O–H groups in total. The first kappa shape index (κ1) is 28.8. The zero-order valence-corrected chi connectivity index (χ0v) is 21.7. The minimum Gasteiger partial charge on any atom is -0.480 e. The SMILES string of the molecule is O=C(NC(Cc1ccccc1)(c1cccc(OC(F)(F)F)c1)c1cccc(OC(F)(F)F)c1)C1Cc2ccccc2O1. The maximum Gasteiger partial charge on any atom is 0.573 e. The lowest BCUT2D eigenvalue weighted by molar-refractivity contribution is -0.275. The van der Waals surface area contributed by atoms with Crippen molar-refractivity contribution in [2.75, 3.05) is 0 Å². The molecule has 42 heavy (non-hydrogen) atoms. The fourth-order valence-corrected chi connectivity index (χ4v) is 5.00. The van der Waals surface area contributed by atoms with Gasteiger partial charge in [-0.2, -0.15) is 0 Å². The third kappa shape index (κ3) is 6.79. The van der Waals surface area contributed by atoms with Gasteiger partial charge in [0.1, 0.15) is 17.2 Å². The van der Waals surface area contributed by atoms with Gasteiger partial charge in [-0.05, 0) is 52.6 Å². The molecule has 0 aliphatic carbocycles. The van der Waals surface area contributed by atoms with Crippen molar-refractivity contribution >= 4 is 5.91 Å². The van der Waals surface area contributed by atoms with Gasteiger partial charge in [-0.3, -0.25) is 4.79 Å². The number of carbonyl (C=O) groups excluding carboxylic acids is 1. The Labute approximate surface area is 236 Å². The first-order chi connectivity index (χ1) is 19.9. The van der Waals surface area contributed by atoms with Crippen LogP contribution in [-0.4, -0.2) is 24.7 Å². The molecule has 1 aliphatic rings. The molecule has 218 valence electrons. The molecule has 1 atom stereocenters. The predicted octanol–water partition coefficient (Wildman–Crippen LogP) is 7.09. The van der Waals surface area contributed by atoms with Crippen LogP contribution >= 0.6 is 0 Å². The zero-order chi connectivity index (χ0) is 30.0. The summed E-state index contributed by atoms with van der Waals surface area (Å²) < 4.78 is 93.1. The van der Waals surface area contributed by atoms with Gasteiger partial charge < -0.3 is 19.5 Å². The van der Waals surface area contributed by atoms with Crippen LogP contribution < -0.4 is 19.5 Å². The highest BCUT2D eigenvalue weighted by Gasteiger charge is 2.41. The molecule has 1 aliphatic heterocycles. The van der Waals surface area contributed by atoms with Gasteiger partial charge in [0, 0.05) is 12.8 Å². The molecular formula is C31H23F6NO4. The van der Waals surface area contributed by atoms with Gasteiger partial charge in [-0.1, -0.05) is 72.8 Å². The molecule has 5 nitrogen and oxygen atoms in total. The Morgan fingerprint density at radius 3 is 1.83 bits per heavy atom. The minimum absolute atomic E-state index is 0.0514. The topological polar surface area (TPSA) is 56.8 Å². The number of benzene rings is 4. The smallest absolute Gasteiger partial charge is 0.480 e. The number of alkyl halides is 6. The summed E-state index contributed by atoms with van der Waals surface area (Å²) in [5, 5.41) is 2.93. The molecule has 4 aromatic rings. The molecule has 11 heteroatoms. The van der Waals surface area contributed by atoms with E-state index in [1.165, 1.54) is 24.3 Å². The van der Waals surface area contributed by atoms with Crippen molar-refractivity contribution in [3.05, 3.63) is 125 Å². The largest absolute Gasteiger partial charge is 0.573 e. The summed E-state index contributed by atoms with van der Waals surface area (Å²) in [5.74, 6) is -1.25. The lowest BCUT2D eigenvalue weighted by atomic mass is 9.77. The molecule has 0 spiro atoms. The van der Waals surface area contributed by atoms with E-state index in [1.54, 1.807) is 54.6 Å². The second-order valence-corrected chi connectivity index (χ2v) is 9.63. The van der Waals surface area contributed by atoms with Crippen LogP contribution in [0.15, 0.2) is 103 Å². The van der Waals surface area contributed by atoms with Crippen LogP contribution in [0.1, 0.15) is 22.3 Å². The molecule has 0 fully saturated rings. The van der Waals surface area contributed by atoms with E-state index in [4.69, 9.17) is 4.74 Å². The Hall–Kier alpha value is -4.67. The van der Waals surface area contributed by atoms with Gasteiger partial charge in [0.05, 0.1) is 5.54 Å². The third-order valence-corrected chi connectivity index (χ3v) is 6.71. The molecule has 0 saturated heterocycles. The van der Waals surface area contributed by atoms with Crippen molar-refractivity contribution in [1.82, 2.24) is 5.32 Å². The van der Waals surface area contributed by atoms with E-state index in [-0.39, 0.29) is 24.0 Å². The molecule has 0 radical (unpaired) electrons. The maximum atomic E-state index is 13.8. The van der Waals surface area contributed by atoms with Crippen LogP contribution in [0.25, 0.3) is 0 Å². The maximum absolute atomic E-state index is 13.8. The van der Waals surface area contributed by atoms with Crippen LogP contribution in [0, 0.1) is 0 Å². The molecule has 1 unspecified atom stereocenters. The number of ether oxygens (including phenoxy) is 3. The monoisotopic (exact) mass is 587 g/mol. The van der Waals surface area contributed by atoms with Gasteiger partial charge in [0.2, 0.25) is 0 Å². The van der Waals surface area contributed by atoms with Crippen molar-refractivity contribution in [3.63, 3.8) is 0 Å². The van der Waals surface area contributed by atoms with Crippen LogP contribution in [0.2, 0.25) is 0 Å². The molecule has 5 rings (SSSR count). The Bertz CT molecular complexity index is 1470. The summed E-state index contributed by atoms with van der Waals surface area (Å²) in [6, 6.07) is 25.6. The Kier molecular flexibility index (Phi) is 7.77. The average Bonchev–Trinajstić information content (AvgIpc) is 3.36. The lowest BCUT2D eigenvalue weighted by Crippen LogP contribution is -2.52. The number of hydrogen-bond acceptors (Lipinski definition) is 4. The van der Waals surface area contributed by atoms with Gasteiger partial charge >= 0.3 is 12.7 Å². The second kappa shape index (κ2) is 11.3. The molecule has 1 amide bonds. The number of nitrogens with one attached hydrogen (secondary N) is 1. The van der Waals surface area contributed by atoms with Gasteiger partial charge in [-0.15, -0.1) is 26.3 Å². The summed E-state index contributed by atoms with van der Waals surface area (Å²) in [5.41, 5.74) is -0.0145. The lowest BCUT2D eigenvalue weighted by Gasteiger charge is -2.37. The quantitative estimate of drug-likeness (QED) is 0.224. The van der Waals surface area contributed by atoms with E-state index in [2.05, 4.69) is 14.8 Å². The number of rotatable bonds is 8. The van der Waals surface area contributed by atoms with E-state index < -0.39 is 41.8 Å². The van der Waals surface area contributed by atoms with Crippen LogP contribution in [-0.2, 0) is 23.2 Å². The van der Waals surface area contributed by atoms with E-state index in [0.29, 0.717) is 11.3 Å². The molecule has 0 aromatic heterocycles. The number of hydrogen-bond donors (Lipinski definition) is 1. The van der Waals surface area contributed by atoms with Crippen molar-refractivity contribution in [3.8, 4) is 17.2 Å². The highest BCUT2D eigenvalue weighted by Crippen LogP contribution is 2.39. The number of halogens is 6. The van der Waals surface area contributed by atoms with Crippen LogP contribution in [0.5, 0.6) is 17.2 Å². The van der Waals surface area contributed by atoms with Gasteiger partial charge in [0.15, 0.2) is 6.10 Å². The standard InChI is InChI=1S/C31H23F6NO4/c32-30(33,34)41-24-13-6-11-22(17-24)29(19-20-8-2-1-3-9-20,23-12-7-14-25(18-23)42-31(35,36)37)38-28(39)27-16-21-10-4-5-15-26(21)40-27/h1-15,17-18,27H,16,19H2,(H,38,39). The van der Waals surface area contributed by atoms with E-state index in [9.17, 15) is 31.1 Å².